The lowest BCUT2D eigenvalue weighted by Gasteiger charge is -2.21. The molecule has 0 radical (unpaired) electrons. The van der Waals surface area contributed by atoms with Gasteiger partial charge in [-0.2, -0.15) is 0 Å². The third kappa shape index (κ3) is 3.13. The molecule has 0 aliphatic heterocycles. The van der Waals surface area contributed by atoms with Crippen molar-refractivity contribution in [1.82, 2.24) is 5.32 Å². The average molecular weight is 227 g/mol. The summed E-state index contributed by atoms with van der Waals surface area (Å²) in [5.74, 6) is 0. The minimum Gasteiger partial charge on any atom is -0.338 e. The van der Waals surface area contributed by atoms with Gasteiger partial charge >= 0.3 is 6.03 Å². The second-order valence-electron chi connectivity index (χ2n) is 3.06. The second kappa shape index (κ2) is 5.61. The average Bonchev–Trinajstić information content (AvgIpc) is 2.22. The third-order valence-corrected chi connectivity index (χ3v) is 2.28. The van der Waals surface area contributed by atoms with Crippen LogP contribution in [0.25, 0.3) is 0 Å². The van der Waals surface area contributed by atoms with Gasteiger partial charge in [-0.3, -0.25) is 4.90 Å². The quantitative estimate of drug-likeness (QED) is 0.845. The molecule has 3 nitrogen and oxygen atoms in total. The SMILES string of the molecule is CCNC(=O)N(CC)c1ccc(Cl)cc1. The highest BCUT2D eigenvalue weighted by molar-refractivity contribution is 6.30. The third-order valence-electron chi connectivity index (χ3n) is 2.03. The van der Waals surface area contributed by atoms with E-state index in [9.17, 15) is 4.79 Å². The first-order chi connectivity index (χ1) is 7.19. The van der Waals surface area contributed by atoms with Crippen LogP contribution >= 0.6 is 11.6 Å². The Kier molecular flexibility index (Phi) is 4.43. The van der Waals surface area contributed by atoms with Crippen LogP contribution in [0.5, 0.6) is 0 Å². The van der Waals surface area contributed by atoms with Crippen LogP contribution in [0.2, 0.25) is 5.02 Å². The molecule has 0 aliphatic carbocycles. The Hall–Kier alpha value is -1.22. The fraction of sp³-hybridized carbons (Fsp3) is 0.364. The summed E-state index contributed by atoms with van der Waals surface area (Å²) in [5.41, 5.74) is 0.854. The van der Waals surface area contributed by atoms with Gasteiger partial charge in [-0.1, -0.05) is 11.6 Å². The van der Waals surface area contributed by atoms with Gasteiger partial charge in [0.1, 0.15) is 0 Å². The standard InChI is InChI=1S/C11H15ClN2O/c1-3-13-11(15)14(4-2)10-7-5-9(12)6-8-10/h5-8H,3-4H2,1-2H3,(H,13,15). The lowest BCUT2D eigenvalue weighted by molar-refractivity contribution is 0.247. The van der Waals surface area contributed by atoms with Crippen molar-refractivity contribution in [2.75, 3.05) is 18.0 Å². The van der Waals surface area contributed by atoms with Crippen LogP contribution in [0.15, 0.2) is 24.3 Å². The molecule has 0 aromatic heterocycles. The van der Waals surface area contributed by atoms with Crippen molar-refractivity contribution in [1.29, 1.82) is 0 Å². The summed E-state index contributed by atoms with van der Waals surface area (Å²) in [7, 11) is 0. The Morgan fingerprint density at radius 3 is 2.40 bits per heavy atom. The minimum atomic E-state index is -0.0812. The van der Waals surface area contributed by atoms with E-state index in [2.05, 4.69) is 5.32 Å². The van der Waals surface area contributed by atoms with E-state index in [1.165, 1.54) is 0 Å². The first-order valence-electron chi connectivity index (χ1n) is 5.00. The van der Waals surface area contributed by atoms with Crippen molar-refractivity contribution in [3.8, 4) is 0 Å². The molecule has 2 amide bonds. The molecule has 1 N–H and O–H groups in total. The Balaban J connectivity index is 2.82. The van der Waals surface area contributed by atoms with E-state index < -0.39 is 0 Å². The van der Waals surface area contributed by atoms with Crippen LogP contribution in [0.1, 0.15) is 13.8 Å². The first-order valence-corrected chi connectivity index (χ1v) is 5.37. The molecule has 0 saturated carbocycles. The highest BCUT2D eigenvalue weighted by Crippen LogP contribution is 2.17. The molecular formula is C11H15ClN2O. The number of amides is 2. The summed E-state index contributed by atoms with van der Waals surface area (Å²) in [6, 6.07) is 7.14. The number of hydrogen-bond donors (Lipinski definition) is 1. The van der Waals surface area contributed by atoms with Gasteiger partial charge in [0.25, 0.3) is 0 Å². The highest BCUT2D eigenvalue weighted by Gasteiger charge is 2.11. The zero-order valence-electron chi connectivity index (χ0n) is 8.96. The van der Waals surface area contributed by atoms with Crippen LogP contribution in [-0.4, -0.2) is 19.1 Å². The van der Waals surface area contributed by atoms with Crippen molar-refractivity contribution in [3.63, 3.8) is 0 Å². The molecule has 1 rings (SSSR count). The number of anilines is 1. The van der Waals surface area contributed by atoms with E-state index in [-0.39, 0.29) is 6.03 Å². The van der Waals surface area contributed by atoms with Crippen LogP contribution in [0, 0.1) is 0 Å². The summed E-state index contributed by atoms with van der Waals surface area (Å²) in [4.78, 5) is 13.3. The Morgan fingerprint density at radius 2 is 1.93 bits per heavy atom. The fourth-order valence-electron chi connectivity index (χ4n) is 1.31. The molecule has 0 bridgehead atoms. The normalized spacial score (nSPS) is 9.80. The van der Waals surface area contributed by atoms with Gasteiger partial charge in [0, 0.05) is 23.8 Å². The second-order valence-corrected chi connectivity index (χ2v) is 3.49. The maximum Gasteiger partial charge on any atom is 0.321 e. The molecular weight excluding hydrogens is 212 g/mol. The number of halogens is 1. The van der Waals surface area contributed by atoms with Crippen LogP contribution in [0.3, 0.4) is 0 Å². The fourth-order valence-corrected chi connectivity index (χ4v) is 1.44. The predicted octanol–water partition coefficient (Wildman–Crippen LogP) is 2.90. The van der Waals surface area contributed by atoms with Crippen LogP contribution in [-0.2, 0) is 0 Å². The molecule has 0 unspecified atom stereocenters. The van der Waals surface area contributed by atoms with E-state index in [0.717, 1.165) is 5.69 Å². The van der Waals surface area contributed by atoms with E-state index in [1.807, 2.05) is 26.0 Å². The van der Waals surface area contributed by atoms with Gasteiger partial charge in [-0.05, 0) is 38.1 Å². The number of nitrogens with one attached hydrogen (secondary N) is 1. The molecule has 0 heterocycles. The molecule has 0 atom stereocenters. The summed E-state index contributed by atoms with van der Waals surface area (Å²) < 4.78 is 0. The summed E-state index contributed by atoms with van der Waals surface area (Å²) >= 11 is 5.78. The molecule has 0 spiro atoms. The summed E-state index contributed by atoms with van der Waals surface area (Å²) in [5, 5.41) is 3.44. The largest absolute Gasteiger partial charge is 0.338 e. The molecule has 15 heavy (non-hydrogen) atoms. The van der Waals surface area contributed by atoms with E-state index in [1.54, 1.807) is 17.0 Å². The smallest absolute Gasteiger partial charge is 0.321 e. The van der Waals surface area contributed by atoms with Crippen LogP contribution < -0.4 is 10.2 Å². The van der Waals surface area contributed by atoms with E-state index >= 15 is 0 Å². The number of nitrogens with zero attached hydrogens (tertiary/aromatic N) is 1. The van der Waals surface area contributed by atoms with Gasteiger partial charge in [-0.25, -0.2) is 4.79 Å². The summed E-state index contributed by atoms with van der Waals surface area (Å²) in [6.45, 7) is 5.09. The Morgan fingerprint density at radius 1 is 1.33 bits per heavy atom. The zero-order chi connectivity index (χ0) is 11.3. The molecule has 0 saturated heterocycles. The molecule has 1 aromatic rings. The van der Waals surface area contributed by atoms with Crippen molar-refractivity contribution >= 4 is 23.3 Å². The van der Waals surface area contributed by atoms with Gasteiger partial charge in [0.2, 0.25) is 0 Å². The molecule has 0 aliphatic rings. The maximum atomic E-state index is 11.6. The van der Waals surface area contributed by atoms with E-state index in [4.69, 9.17) is 11.6 Å². The van der Waals surface area contributed by atoms with Crippen LogP contribution in [0.4, 0.5) is 10.5 Å². The first kappa shape index (κ1) is 11.9. The van der Waals surface area contributed by atoms with Crippen molar-refractivity contribution < 1.29 is 4.79 Å². The number of carbonyl (C=O) groups excluding carboxylic acids is 1. The molecule has 0 fully saturated rings. The number of carbonyl (C=O) groups is 1. The van der Waals surface area contributed by atoms with Crippen molar-refractivity contribution in [3.05, 3.63) is 29.3 Å². The van der Waals surface area contributed by atoms with Crippen molar-refractivity contribution in [2.45, 2.75) is 13.8 Å². The van der Waals surface area contributed by atoms with E-state index in [0.29, 0.717) is 18.1 Å². The summed E-state index contributed by atoms with van der Waals surface area (Å²) in [6.07, 6.45) is 0. The number of benzene rings is 1. The Bertz CT molecular complexity index is 324. The predicted molar refractivity (Wildman–Crippen MR) is 63.5 cm³/mol. The lowest BCUT2D eigenvalue weighted by Crippen LogP contribution is -2.39. The molecule has 1 aromatic carbocycles. The van der Waals surface area contributed by atoms with Gasteiger partial charge in [0.15, 0.2) is 0 Å². The maximum absolute atomic E-state index is 11.6. The molecule has 4 heteroatoms. The lowest BCUT2D eigenvalue weighted by atomic mass is 10.3. The topological polar surface area (TPSA) is 32.3 Å². The van der Waals surface area contributed by atoms with Gasteiger partial charge < -0.3 is 5.32 Å². The van der Waals surface area contributed by atoms with Crippen molar-refractivity contribution in [2.24, 2.45) is 0 Å². The number of hydrogen-bond acceptors (Lipinski definition) is 1. The van der Waals surface area contributed by atoms with Gasteiger partial charge in [-0.15, -0.1) is 0 Å². The number of rotatable bonds is 3. The monoisotopic (exact) mass is 226 g/mol. The minimum absolute atomic E-state index is 0.0812. The highest BCUT2D eigenvalue weighted by atomic mass is 35.5. The molecule has 82 valence electrons. The zero-order valence-corrected chi connectivity index (χ0v) is 9.71. The Labute approximate surface area is 95.0 Å². The van der Waals surface area contributed by atoms with Gasteiger partial charge in [0.05, 0.1) is 0 Å². The number of urea groups is 1.